The molecule has 1 N–H and O–H groups in total. The van der Waals surface area contributed by atoms with E-state index in [1.54, 1.807) is 6.07 Å². The molecule has 1 amide bonds. The molecular weight excluding hydrogens is 399 g/mol. The van der Waals surface area contributed by atoms with Crippen molar-refractivity contribution in [3.8, 4) is 0 Å². The third-order valence-electron chi connectivity index (χ3n) is 4.03. The fourth-order valence-electron chi connectivity index (χ4n) is 2.71. The third-order valence-corrected chi connectivity index (χ3v) is 5.60. The lowest BCUT2D eigenvalue weighted by molar-refractivity contribution is 0.0949. The van der Waals surface area contributed by atoms with Crippen molar-refractivity contribution in [2.24, 2.45) is 0 Å². The molecule has 0 aliphatic carbocycles. The summed E-state index contributed by atoms with van der Waals surface area (Å²) in [7, 11) is 0. The molecule has 0 spiro atoms. The van der Waals surface area contributed by atoms with Crippen molar-refractivity contribution in [2.45, 2.75) is 38.6 Å². The number of carbonyl (C=O) groups excluding carboxylic acids is 1. The minimum absolute atomic E-state index is 0.0417. The summed E-state index contributed by atoms with van der Waals surface area (Å²) in [6.45, 7) is 5.27. The summed E-state index contributed by atoms with van der Waals surface area (Å²) in [6.07, 6.45) is 4.95. The molecule has 0 radical (unpaired) electrons. The van der Waals surface area contributed by atoms with Crippen LogP contribution in [0, 0.1) is 3.57 Å². The SMILES string of the molecule is CC1CCCCN1CCCNC(=O)c1ccc(I)c(Cl)c1. The smallest absolute Gasteiger partial charge is 0.251 e. The number of nitrogens with zero attached hydrogens (tertiary/aromatic N) is 1. The Morgan fingerprint density at radius 1 is 1.48 bits per heavy atom. The molecule has 116 valence electrons. The highest BCUT2D eigenvalue weighted by atomic mass is 127. The fraction of sp³-hybridized carbons (Fsp3) is 0.562. The molecule has 1 aromatic rings. The Labute approximate surface area is 145 Å². The number of piperidine rings is 1. The number of nitrogens with one attached hydrogen (secondary N) is 1. The van der Waals surface area contributed by atoms with E-state index in [4.69, 9.17) is 11.6 Å². The highest BCUT2D eigenvalue weighted by Gasteiger charge is 2.17. The van der Waals surface area contributed by atoms with Crippen molar-refractivity contribution >= 4 is 40.1 Å². The molecule has 21 heavy (non-hydrogen) atoms. The summed E-state index contributed by atoms with van der Waals surface area (Å²) in [5.74, 6) is -0.0417. The molecule has 1 aromatic carbocycles. The number of halogens is 2. The maximum atomic E-state index is 12.0. The van der Waals surface area contributed by atoms with Crippen LogP contribution in [0.3, 0.4) is 0 Å². The van der Waals surface area contributed by atoms with Gasteiger partial charge in [0, 0.05) is 28.3 Å². The van der Waals surface area contributed by atoms with Gasteiger partial charge in [-0.15, -0.1) is 0 Å². The number of hydrogen-bond donors (Lipinski definition) is 1. The monoisotopic (exact) mass is 420 g/mol. The van der Waals surface area contributed by atoms with E-state index < -0.39 is 0 Å². The Morgan fingerprint density at radius 2 is 2.29 bits per heavy atom. The largest absolute Gasteiger partial charge is 0.352 e. The van der Waals surface area contributed by atoms with Gasteiger partial charge in [0.15, 0.2) is 0 Å². The van der Waals surface area contributed by atoms with Gasteiger partial charge in [-0.2, -0.15) is 0 Å². The molecule has 2 rings (SSSR count). The summed E-state index contributed by atoms with van der Waals surface area (Å²) in [5.41, 5.74) is 0.631. The summed E-state index contributed by atoms with van der Waals surface area (Å²) < 4.78 is 0.963. The Morgan fingerprint density at radius 3 is 3.00 bits per heavy atom. The first-order chi connectivity index (χ1) is 10.1. The van der Waals surface area contributed by atoms with Gasteiger partial charge in [0.25, 0.3) is 5.91 Å². The topological polar surface area (TPSA) is 32.3 Å². The van der Waals surface area contributed by atoms with E-state index >= 15 is 0 Å². The molecule has 1 heterocycles. The highest BCUT2D eigenvalue weighted by Crippen LogP contribution is 2.19. The van der Waals surface area contributed by atoms with Gasteiger partial charge < -0.3 is 10.2 Å². The maximum absolute atomic E-state index is 12.0. The zero-order valence-corrected chi connectivity index (χ0v) is 15.3. The van der Waals surface area contributed by atoms with Crippen molar-refractivity contribution in [1.82, 2.24) is 10.2 Å². The number of carbonyl (C=O) groups is 1. The Kier molecular flexibility index (Phi) is 6.76. The van der Waals surface area contributed by atoms with E-state index in [1.165, 1.54) is 25.8 Å². The predicted molar refractivity (Wildman–Crippen MR) is 96.0 cm³/mol. The molecule has 0 bridgehead atoms. The average molecular weight is 421 g/mol. The lowest BCUT2D eigenvalue weighted by Crippen LogP contribution is -2.39. The van der Waals surface area contributed by atoms with Crippen LogP contribution in [0.5, 0.6) is 0 Å². The van der Waals surface area contributed by atoms with E-state index in [9.17, 15) is 4.79 Å². The van der Waals surface area contributed by atoms with Gasteiger partial charge in [0.2, 0.25) is 0 Å². The molecule has 1 atom stereocenters. The minimum atomic E-state index is -0.0417. The summed E-state index contributed by atoms with van der Waals surface area (Å²) in [5, 5.41) is 3.60. The van der Waals surface area contributed by atoms with Crippen molar-refractivity contribution in [2.75, 3.05) is 19.6 Å². The van der Waals surface area contributed by atoms with Crippen LogP contribution in [0.4, 0.5) is 0 Å². The summed E-state index contributed by atoms with van der Waals surface area (Å²) >= 11 is 8.20. The van der Waals surface area contributed by atoms with Crippen LogP contribution < -0.4 is 5.32 Å². The van der Waals surface area contributed by atoms with Crippen LogP contribution in [0.25, 0.3) is 0 Å². The lowest BCUT2D eigenvalue weighted by Gasteiger charge is -2.33. The van der Waals surface area contributed by atoms with Gasteiger partial charge in [-0.1, -0.05) is 18.0 Å². The summed E-state index contributed by atoms with van der Waals surface area (Å²) in [4.78, 5) is 14.6. The molecule has 3 nitrogen and oxygen atoms in total. The average Bonchev–Trinajstić information content (AvgIpc) is 2.48. The van der Waals surface area contributed by atoms with E-state index in [2.05, 4.69) is 39.7 Å². The fourth-order valence-corrected chi connectivity index (χ4v) is 3.23. The predicted octanol–water partition coefficient (Wildman–Crippen LogP) is 3.94. The number of hydrogen-bond acceptors (Lipinski definition) is 2. The van der Waals surface area contributed by atoms with Gasteiger partial charge in [-0.3, -0.25) is 4.79 Å². The molecule has 1 fully saturated rings. The lowest BCUT2D eigenvalue weighted by atomic mass is 10.0. The van der Waals surface area contributed by atoms with Crippen molar-refractivity contribution in [3.05, 3.63) is 32.4 Å². The van der Waals surface area contributed by atoms with Crippen molar-refractivity contribution in [3.63, 3.8) is 0 Å². The second kappa shape index (κ2) is 8.34. The zero-order chi connectivity index (χ0) is 15.2. The second-order valence-corrected chi connectivity index (χ2v) is 7.19. The van der Waals surface area contributed by atoms with Crippen LogP contribution >= 0.6 is 34.2 Å². The number of rotatable bonds is 5. The maximum Gasteiger partial charge on any atom is 0.251 e. The van der Waals surface area contributed by atoms with Gasteiger partial charge >= 0.3 is 0 Å². The number of likely N-dealkylation sites (tertiary alicyclic amines) is 1. The molecular formula is C16H22ClIN2O. The Balaban J connectivity index is 1.72. The minimum Gasteiger partial charge on any atom is -0.352 e. The van der Waals surface area contributed by atoms with Crippen molar-refractivity contribution in [1.29, 1.82) is 0 Å². The first kappa shape index (κ1) is 17.0. The highest BCUT2D eigenvalue weighted by molar-refractivity contribution is 14.1. The van der Waals surface area contributed by atoms with Gasteiger partial charge in [0.05, 0.1) is 5.02 Å². The van der Waals surface area contributed by atoms with E-state index in [0.717, 1.165) is 16.5 Å². The molecule has 5 heteroatoms. The summed E-state index contributed by atoms with van der Waals surface area (Å²) in [6, 6.07) is 6.10. The van der Waals surface area contributed by atoms with E-state index in [0.29, 0.717) is 23.2 Å². The molecule has 1 aliphatic rings. The molecule has 1 saturated heterocycles. The normalized spacial score (nSPS) is 19.5. The van der Waals surface area contributed by atoms with E-state index in [1.807, 2.05) is 12.1 Å². The molecule has 1 unspecified atom stereocenters. The Hall–Kier alpha value is -0.330. The first-order valence-corrected chi connectivity index (χ1v) is 9.01. The van der Waals surface area contributed by atoms with Gasteiger partial charge in [-0.25, -0.2) is 0 Å². The standard InChI is InChI=1S/C16H22ClIN2O/c1-12-5-2-3-9-20(12)10-4-8-19-16(21)13-6-7-15(18)14(17)11-13/h6-7,11-12H,2-5,8-10H2,1H3,(H,19,21). The van der Waals surface area contributed by atoms with Crippen LogP contribution in [-0.4, -0.2) is 36.5 Å². The number of benzene rings is 1. The number of amides is 1. The zero-order valence-electron chi connectivity index (χ0n) is 12.4. The van der Waals surface area contributed by atoms with Crippen molar-refractivity contribution < 1.29 is 4.79 Å². The van der Waals surface area contributed by atoms with E-state index in [-0.39, 0.29) is 5.91 Å². The first-order valence-electron chi connectivity index (χ1n) is 7.55. The van der Waals surface area contributed by atoms with Crippen LogP contribution in [0.15, 0.2) is 18.2 Å². The van der Waals surface area contributed by atoms with Gasteiger partial charge in [0.1, 0.15) is 0 Å². The quantitative estimate of drug-likeness (QED) is 0.578. The second-order valence-electron chi connectivity index (χ2n) is 5.62. The van der Waals surface area contributed by atoms with Gasteiger partial charge in [-0.05, 0) is 73.5 Å². The van der Waals surface area contributed by atoms with Crippen LogP contribution in [0.1, 0.15) is 43.0 Å². The molecule has 0 saturated carbocycles. The molecule has 0 aromatic heterocycles. The Bertz CT molecular complexity index is 495. The molecule has 1 aliphatic heterocycles. The van der Waals surface area contributed by atoms with Crippen LogP contribution in [-0.2, 0) is 0 Å². The third kappa shape index (κ3) is 5.11. The van der Waals surface area contributed by atoms with Crippen LogP contribution in [0.2, 0.25) is 5.02 Å².